The molecule has 0 saturated carbocycles. The number of aliphatic hydroxyl groups is 1. The molecule has 0 bridgehead atoms. The highest BCUT2D eigenvalue weighted by molar-refractivity contribution is 7.17. The van der Waals surface area contributed by atoms with Gasteiger partial charge in [0.05, 0.1) is 58.6 Å². The number of nitrogens with zero attached hydrogens (tertiary/aromatic N) is 5. The van der Waals surface area contributed by atoms with E-state index in [-0.39, 0.29) is 24.9 Å². The molecule has 3 aliphatic heterocycles. The molecule has 39 heavy (non-hydrogen) atoms. The van der Waals surface area contributed by atoms with Gasteiger partial charge in [-0.3, -0.25) is 14.5 Å². The number of aromatic nitrogens is 2. The van der Waals surface area contributed by atoms with Crippen molar-refractivity contribution in [2.75, 3.05) is 56.2 Å². The van der Waals surface area contributed by atoms with E-state index in [1.807, 2.05) is 12.1 Å². The lowest BCUT2D eigenvalue weighted by atomic mass is 10.0. The van der Waals surface area contributed by atoms with Gasteiger partial charge < -0.3 is 25.0 Å². The zero-order chi connectivity index (χ0) is 27.3. The van der Waals surface area contributed by atoms with Crippen molar-refractivity contribution in [3.8, 4) is 0 Å². The topological polar surface area (TPSA) is 111 Å². The van der Waals surface area contributed by atoms with Crippen LogP contribution in [0.15, 0.2) is 30.0 Å². The average molecular weight is 555 g/mol. The minimum atomic E-state index is -1.59. The maximum Gasteiger partial charge on any atom is 0.258 e. The highest BCUT2D eigenvalue weighted by Crippen LogP contribution is 2.36. The van der Waals surface area contributed by atoms with E-state index in [2.05, 4.69) is 25.1 Å². The van der Waals surface area contributed by atoms with E-state index in [1.165, 1.54) is 36.4 Å². The van der Waals surface area contributed by atoms with Gasteiger partial charge in [0.1, 0.15) is 12.5 Å². The van der Waals surface area contributed by atoms with Gasteiger partial charge in [-0.1, -0.05) is 0 Å². The second-order valence-electron chi connectivity index (χ2n) is 10.9. The van der Waals surface area contributed by atoms with Crippen molar-refractivity contribution < 1.29 is 23.8 Å². The van der Waals surface area contributed by atoms with Gasteiger partial charge in [-0.15, -0.1) is 11.3 Å². The zero-order valence-corrected chi connectivity index (χ0v) is 22.7. The summed E-state index contributed by atoms with van der Waals surface area (Å²) in [6, 6.07) is 4.09. The van der Waals surface area contributed by atoms with Gasteiger partial charge in [-0.05, 0) is 31.5 Å². The maximum absolute atomic E-state index is 14.7. The third-order valence-corrected chi connectivity index (χ3v) is 8.68. The van der Waals surface area contributed by atoms with E-state index < -0.39 is 11.8 Å². The number of piperazine rings is 1. The number of nitrogens with one attached hydrogen (secondary N) is 1. The van der Waals surface area contributed by atoms with Gasteiger partial charge in [-0.25, -0.2) is 14.4 Å². The Bertz CT molecular complexity index is 1410. The molecular weight excluding hydrogens is 523 g/mol. The van der Waals surface area contributed by atoms with Crippen LogP contribution in [0.3, 0.4) is 0 Å². The van der Waals surface area contributed by atoms with Crippen molar-refractivity contribution in [3.63, 3.8) is 0 Å². The summed E-state index contributed by atoms with van der Waals surface area (Å²) in [5.41, 5.74) is 2.06. The lowest BCUT2D eigenvalue weighted by Gasteiger charge is -2.43. The van der Waals surface area contributed by atoms with E-state index in [4.69, 9.17) is 4.74 Å². The first-order valence-corrected chi connectivity index (χ1v) is 13.9. The monoisotopic (exact) mass is 554 g/mol. The standard InChI is InChI=1S/C27H31FN6O4S/c1-27(2,37)23(28)11-34-10-16-7-20(31-25(35)19-14-39-22-9-29-15-30-24(19)22)21(8-18(16)26(34)36)33-5-3-32(4-6-33)17-12-38-13-17/h7-9,14-15,17,23,37H,3-6,10-13H2,1-2H3,(H,31,35). The minimum Gasteiger partial charge on any atom is -0.387 e. The third kappa shape index (κ3) is 4.97. The molecule has 10 nitrogen and oxygen atoms in total. The Balaban J connectivity index is 1.30. The fraction of sp³-hybridized carbons (Fsp3) is 0.481. The first-order valence-electron chi connectivity index (χ1n) is 13.1. The van der Waals surface area contributed by atoms with Gasteiger partial charge in [0.15, 0.2) is 0 Å². The number of hydrogen-bond acceptors (Lipinski definition) is 9. The van der Waals surface area contributed by atoms with Crippen LogP contribution >= 0.6 is 11.3 Å². The normalized spacial score (nSPS) is 19.3. The van der Waals surface area contributed by atoms with Gasteiger partial charge in [0.2, 0.25) is 0 Å². The highest BCUT2D eigenvalue weighted by Gasteiger charge is 2.36. The number of hydrogen-bond donors (Lipinski definition) is 2. The predicted octanol–water partition coefficient (Wildman–Crippen LogP) is 2.53. The lowest BCUT2D eigenvalue weighted by Crippen LogP contribution is -2.56. The number of thiophene rings is 1. The molecule has 206 valence electrons. The zero-order valence-electron chi connectivity index (χ0n) is 21.9. The van der Waals surface area contributed by atoms with Gasteiger partial charge >= 0.3 is 0 Å². The summed E-state index contributed by atoms with van der Waals surface area (Å²) in [6.07, 6.45) is 1.51. The highest BCUT2D eigenvalue weighted by atomic mass is 32.1. The molecule has 3 aliphatic rings. The third-order valence-electron chi connectivity index (χ3n) is 7.77. The molecule has 3 aromatic rings. The first-order chi connectivity index (χ1) is 18.7. The molecule has 2 aromatic heterocycles. The van der Waals surface area contributed by atoms with Crippen LogP contribution in [0.5, 0.6) is 0 Å². The van der Waals surface area contributed by atoms with E-state index in [1.54, 1.807) is 11.6 Å². The van der Waals surface area contributed by atoms with Crippen LogP contribution in [0.2, 0.25) is 0 Å². The SMILES string of the molecule is CC(C)(O)C(F)CN1Cc2cc(NC(=O)c3csc4cncnc34)c(N3CCN(C4COC4)CC3)cc2C1=O. The summed E-state index contributed by atoms with van der Waals surface area (Å²) in [4.78, 5) is 41.1. The summed E-state index contributed by atoms with van der Waals surface area (Å²) in [6.45, 7) is 7.45. The van der Waals surface area contributed by atoms with E-state index in [9.17, 15) is 19.1 Å². The van der Waals surface area contributed by atoms with Crippen LogP contribution in [0.4, 0.5) is 15.8 Å². The number of halogens is 1. The second kappa shape index (κ2) is 10.1. The van der Waals surface area contributed by atoms with Crippen molar-refractivity contribution in [1.82, 2.24) is 19.8 Å². The van der Waals surface area contributed by atoms with Crippen molar-refractivity contribution in [3.05, 3.63) is 46.7 Å². The molecule has 2 fully saturated rings. The van der Waals surface area contributed by atoms with Gasteiger partial charge in [0.25, 0.3) is 11.8 Å². The minimum absolute atomic E-state index is 0.206. The molecule has 6 rings (SSSR count). The van der Waals surface area contributed by atoms with Crippen molar-refractivity contribution >= 4 is 44.7 Å². The quantitative estimate of drug-likeness (QED) is 0.459. The van der Waals surface area contributed by atoms with Crippen molar-refractivity contribution in [2.24, 2.45) is 0 Å². The molecule has 0 aliphatic carbocycles. The number of rotatable bonds is 7. The van der Waals surface area contributed by atoms with Gasteiger partial charge in [-0.2, -0.15) is 0 Å². The van der Waals surface area contributed by atoms with E-state index in [0.29, 0.717) is 33.9 Å². The van der Waals surface area contributed by atoms with E-state index in [0.717, 1.165) is 49.8 Å². The smallest absolute Gasteiger partial charge is 0.258 e. The molecular formula is C27H31FN6O4S. The Morgan fingerprint density at radius 1 is 1.28 bits per heavy atom. The van der Waals surface area contributed by atoms with Crippen LogP contribution in [-0.2, 0) is 11.3 Å². The second-order valence-corrected chi connectivity index (χ2v) is 11.8. The summed E-state index contributed by atoms with van der Waals surface area (Å²) in [5, 5.41) is 14.9. The summed E-state index contributed by atoms with van der Waals surface area (Å²) >= 11 is 1.40. The number of carbonyl (C=O) groups is 2. The Morgan fingerprint density at radius 3 is 2.74 bits per heavy atom. The average Bonchev–Trinajstić information content (AvgIpc) is 3.43. The molecule has 5 heterocycles. The number of carbonyl (C=O) groups excluding carboxylic acids is 2. The van der Waals surface area contributed by atoms with Crippen LogP contribution in [0.25, 0.3) is 10.2 Å². The first kappa shape index (κ1) is 26.1. The Kier molecular flexibility index (Phi) is 6.74. The van der Waals surface area contributed by atoms with Crippen LogP contribution in [0.1, 0.15) is 40.1 Å². The molecule has 1 atom stereocenters. The Labute approximate surface area is 229 Å². The fourth-order valence-corrected chi connectivity index (χ4v) is 6.09. The van der Waals surface area contributed by atoms with E-state index >= 15 is 0 Å². The number of alkyl halides is 1. The largest absolute Gasteiger partial charge is 0.387 e. The molecule has 2 N–H and O–H groups in total. The van der Waals surface area contributed by atoms with Crippen LogP contribution in [-0.4, -0.2) is 100 Å². The molecule has 12 heteroatoms. The molecule has 1 unspecified atom stereocenters. The summed E-state index contributed by atoms with van der Waals surface area (Å²) < 4.78 is 20.8. The molecule has 0 spiro atoms. The maximum atomic E-state index is 14.7. The van der Waals surface area contributed by atoms with Crippen molar-refractivity contribution in [2.45, 2.75) is 38.2 Å². The summed E-state index contributed by atoms with van der Waals surface area (Å²) in [5.74, 6) is -0.569. The molecule has 0 radical (unpaired) electrons. The number of benzene rings is 1. The lowest BCUT2D eigenvalue weighted by molar-refractivity contribution is -0.0660. The molecule has 2 amide bonds. The molecule has 1 aromatic carbocycles. The van der Waals surface area contributed by atoms with Crippen molar-refractivity contribution in [1.29, 1.82) is 0 Å². The number of anilines is 2. The van der Waals surface area contributed by atoms with Gasteiger partial charge in [0, 0.05) is 49.9 Å². The Hall–Kier alpha value is -3.19. The predicted molar refractivity (Wildman–Crippen MR) is 146 cm³/mol. The fourth-order valence-electron chi connectivity index (χ4n) is 5.23. The van der Waals surface area contributed by atoms with Crippen LogP contribution in [0, 0.1) is 0 Å². The number of amides is 2. The molecule has 2 saturated heterocycles. The summed E-state index contributed by atoms with van der Waals surface area (Å²) in [7, 11) is 0. The number of ether oxygens (including phenoxy) is 1. The Morgan fingerprint density at radius 2 is 2.05 bits per heavy atom. The van der Waals surface area contributed by atoms with Crippen LogP contribution < -0.4 is 10.2 Å². The number of fused-ring (bicyclic) bond motifs is 2.